The molecule has 8 nitrogen and oxygen atoms in total. The Morgan fingerprint density at radius 1 is 1.33 bits per heavy atom. The zero-order chi connectivity index (χ0) is 17.6. The molecule has 2 N–H and O–H groups in total. The number of anilines is 1. The number of carbonyl (C=O) groups excluding carboxylic acids is 1. The second-order valence-electron chi connectivity index (χ2n) is 6.05. The first-order chi connectivity index (χ1) is 11.4. The lowest BCUT2D eigenvalue weighted by atomic mass is 9.99. The second kappa shape index (κ2) is 8.84. The number of hydrogen-bond donors (Lipinski definition) is 2. The van der Waals surface area contributed by atoms with Gasteiger partial charge in [0.25, 0.3) is 10.0 Å². The minimum absolute atomic E-state index is 0.124. The fraction of sp³-hybridized carbons (Fsp3) is 0.786. The van der Waals surface area contributed by atoms with E-state index in [-0.39, 0.29) is 15.4 Å². The van der Waals surface area contributed by atoms with Crippen molar-refractivity contribution in [3.05, 3.63) is 0 Å². The topological polar surface area (TPSA) is 104 Å². The Kier molecular flexibility index (Phi) is 7.08. The number of nitrogens with one attached hydrogen (secondary N) is 2. The number of rotatable bonds is 8. The normalized spacial score (nSPS) is 17.1. The highest BCUT2D eigenvalue weighted by Crippen LogP contribution is 2.20. The zero-order valence-electron chi connectivity index (χ0n) is 14.1. The summed E-state index contributed by atoms with van der Waals surface area (Å²) in [5.74, 6) is 0.568. The van der Waals surface area contributed by atoms with E-state index in [2.05, 4.69) is 32.1 Å². The van der Waals surface area contributed by atoms with Crippen molar-refractivity contribution in [3.63, 3.8) is 0 Å². The van der Waals surface area contributed by atoms with Gasteiger partial charge in [0.15, 0.2) is 0 Å². The molecule has 0 bridgehead atoms. The molecule has 136 valence electrons. The molecule has 10 heteroatoms. The first-order valence-corrected chi connectivity index (χ1v) is 10.6. The van der Waals surface area contributed by atoms with Crippen LogP contribution in [-0.2, 0) is 14.8 Å². The Balaban J connectivity index is 1.76. The Bertz CT molecular complexity index is 639. The third-order valence-electron chi connectivity index (χ3n) is 4.02. The average molecular weight is 376 g/mol. The minimum Gasteiger partial charge on any atom is -0.303 e. The third kappa shape index (κ3) is 5.76. The first kappa shape index (κ1) is 19.2. The third-order valence-corrected chi connectivity index (χ3v) is 6.69. The van der Waals surface area contributed by atoms with Crippen molar-refractivity contribution in [3.8, 4) is 0 Å². The van der Waals surface area contributed by atoms with Crippen LogP contribution >= 0.6 is 11.3 Å². The van der Waals surface area contributed by atoms with Crippen molar-refractivity contribution >= 4 is 32.4 Å². The maximum atomic E-state index is 12.2. The van der Waals surface area contributed by atoms with Gasteiger partial charge in [0, 0.05) is 13.0 Å². The summed E-state index contributed by atoms with van der Waals surface area (Å²) in [5.41, 5.74) is 0. The predicted octanol–water partition coefficient (Wildman–Crippen LogP) is 1.29. The van der Waals surface area contributed by atoms with Crippen LogP contribution in [-0.4, -0.2) is 55.6 Å². The van der Waals surface area contributed by atoms with Gasteiger partial charge in [-0.3, -0.25) is 4.79 Å². The van der Waals surface area contributed by atoms with Crippen LogP contribution in [0.25, 0.3) is 0 Å². The van der Waals surface area contributed by atoms with Gasteiger partial charge in [0.05, 0.1) is 0 Å². The van der Waals surface area contributed by atoms with Crippen LogP contribution in [0.3, 0.4) is 0 Å². The van der Waals surface area contributed by atoms with E-state index in [1.54, 1.807) is 6.92 Å². The molecule has 1 saturated heterocycles. The maximum Gasteiger partial charge on any atom is 0.269 e. The fourth-order valence-electron chi connectivity index (χ4n) is 2.43. The molecule has 2 rings (SSSR count). The van der Waals surface area contributed by atoms with Crippen LogP contribution in [0.1, 0.15) is 39.5 Å². The Morgan fingerprint density at radius 3 is 2.71 bits per heavy atom. The second-order valence-corrected chi connectivity index (χ2v) is 8.97. The van der Waals surface area contributed by atoms with Gasteiger partial charge in [0.2, 0.25) is 15.4 Å². The number of sulfonamides is 1. The standard InChI is InChI=1S/C14H25N5O3S2/c1-3-12(20)16-13-17-18-14(23-13)24(21,22)15-7-4-8-19-9-5-11(2)6-10-19/h11,15H,3-10H2,1-2H3,(H,16,17,20). The molecule has 24 heavy (non-hydrogen) atoms. The summed E-state index contributed by atoms with van der Waals surface area (Å²) in [4.78, 5) is 13.7. The van der Waals surface area contributed by atoms with Crippen molar-refractivity contribution < 1.29 is 13.2 Å². The molecule has 0 radical (unpaired) electrons. The molecule has 0 unspecified atom stereocenters. The van der Waals surface area contributed by atoms with Gasteiger partial charge in [0.1, 0.15) is 0 Å². The molecule has 1 aromatic heterocycles. The van der Waals surface area contributed by atoms with E-state index < -0.39 is 10.0 Å². The predicted molar refractivity (Wildman–Crippen MR) is 93.5 cm³/mol. The molecule has 1 aliphatic heterocycles. The lowest BCUT2D eigenvalue weighted by Crippen LogP contribution is -2.35. The summed E-state index contributed by atoms with van der Waals surface area (Å²) < 4.78 is 26.8. The Labute approximate surface area is 147 Å². The average Bonchev–Trinajstić information content (AvgIpc) is 3.02. The van der Waals surface area contributed by atoms with E-state index in [0.29, 0.717) is 13.0 Å². The molecule has 0 saturated carbocycles. The van der Waals surface area contributed by atoms with Crippen LogP contribution in [0.15, 0.2) is 4.34 Å². The zero-order valence-corrected chi connectivity index (χ0v) is 15.8. The summed E-state index contributed by atoms with van der Waals surface area (Å²) in [6.07, 6.45) is 3.48. The summed E-state index contributed by atoms with van der Waals surface area (Å²) in [5, 5.41) is 10.0. The van der Waals surface area contributed by atoms with E-state index in [4.69, 9.17) is 0 Å². The number of carbonyl (C=O) groups is 1. The number of amides is 1. The summed E-state index contributed by atoms with van der Waals surface area (Å²) in [7, 11) is -3.67. The monoisotopic (exact) mass is 375 g/mol. The van der Waals surface area contributed by atoms with E-state index in [1.165, 1.54) is 12.8 Å². The largest absolute Gasteiger partial charge is 0.303 e. The Hall–Kier alpha value is -1.10. The highest BCUT2D eigenvalue weighted by molar-refractivity contribution is 7.91. The van der Waals surface area contributed by atoms with E-state index in [1.807, 2.05) is 0 Å². The fourth-order valence-corrected chi connectivity index (χ4v) is 4.46. The van der Waals surface area contributed by atoms with Gasteiger partial charge in [-0.2, -0.15) is 0 Å². The van der Waals surface area contributed by atoms with Crippen molar-refractivity contribution in [2.75, 3.05) is 31.5 Å². The molecule has 1 aliphatic rings. The maximum absolute atomic E-state index is 12.2. The molecule has 1 fully saturated rings. The quantitative estimate of drug-likeness (QED) is 0.524. The van der Waals surface area contributed by atoms with Crippen LogP contribution in [0.5, 0.6) is 0 Å². The molecular formula is C14H25N5O3S2. The lowest BCUT2D eigenvalue weighted by Gasteiger charge is -2.30. The summed E-state index contributed by atoms with van der Waals surface area (Å²) >= 11 is 0.855. The van der Waals surface area contributed by atoms with Crippen molar-refractivity contribution in [1.82, 2.24) is 19.8 Å². The van der Waals surface area contributed by atoms with E-state index >= 15 is 0 Å². The van der Waals surface area contributed by atoms with Gasteiger partial charge in [-0.05, 0) is 44.8 Å². The Morgan fingerprint density at radius 2 is 2.04 bits per heavy atom. The molecule has 2 heterocycles. The SMILES string of the molecule is CCC(=O)Nc1nnc(S(=O)(=O)NCCCN2CCC(C)CC2)s1. The number of hydrogen-bond acceptors (Lipinski definition) is 7. The van der Waals surface area contributed by atoms with Crippen LogP contribution in [0.4, 0.5) is 5.13 Å². The molecule has 0 atom stereocenters. The molecule has 0 aliphatic carbocycles. The van der Waals surface area contributed by atoms with Gasteiger partial charge in [-0.25, -0.2) is 13.1 Å². The molecule has 1 amide bonds. The minimum atomic E-state index is -3.67. The van der Waals surface area contributed by atoms with E-state index in [9.17, 15) is 13.2 Å². The number of nitrogens with zero attached hydrogens (tertiary/aromatic N) is 3. The highest BCUT2D eigenvalue weighted by atomic mass is 32.2. The summed E-state index contributed by atoms with van der Waals surface area (Å²) in [6, 6.07) is 0. The van der Waals surface area contributed by atoms with Gasteiger partial charge >= 0.3 is 0 Å². The number of likely N-dealkylation sites (tertiary alicyclic amines) is 1. The smallest absolute Gasteiger partial charge is 0.269 e. The molecule has 0 aromatic carbocycles. The van der Waals surface area contributed by atoms with Crippen molar-refractivity contribution in [2.45, 2.75) is 43.9 Å². The van der Waals surface area contributed by atoms with E-state index in [0.717, 1.165) is 43.3 Å². The molecule has 0 spiro atoms. The highest BCUT2D eigenvalue weighted by Gasteiger charge is 2.21. The van der Waals surface area contributed by atoms with Gasteiger partial charge in [-0.1, -0.05) is 25.2 Å². The van der Waals surface area contributed by atoms with Gasteiger partial charge < -0.3 is 10.2 Å². The first-order valence-electron chi connectivity index (χ1n) is 8.26. The number of piperidine rings is 1. The lowest BCUT2D eigenvalue weighted by molar-refractivity contribution is -0.115. The molecular weight excluding hydrogens is 350 g/mol. The van der Waals surface area contributed by atoms with Crippen molar-refractivity contribution in [2.24, 2.45) is 5.92 Å². The van der Waals surface area contributed by atoms with Crippen LogP contribution < -0.4 is 10.0 Å². The van der Waals surface area contributed by atoms with Crippen LogP contribution in [0.2, 0.25) is 0 Å². The van der Waals surface area contributed by atoms with Crippen molar-refractivity contribution in [1.29, 1.82) is 0 Å². The molecule has 1 aromatic rings. The van der Waals surface area contributed by atoms with Gasteiger partial charge in [-0.15, -0.1) is 10.2 Å². The van der Waals surface area contributed by atoms with Crippen LogP contribution in [0, 0.1) is 5.92 Å². The summed E-state index contributed by atoms with van der Waals surface area (Å²) in [6.45, 7) is 7.41. The number of aromatic nitrogens is 2.